The molecule has 0 spiro atoms. The van der Waals surface area contributed by atoms with Gasteiger partial charge in [0.2, 0.25) is 5.91 Å². The molecule has 0 aliphatic carbocycles. The molecule has 6 nitrogen and oxygen atoms in total. The predicted octanol–water partition coefficient (Wildman–Crippen LogP) is 1.69. The highest BCUT2D eigenvalue weighted by molar-refractivity contribution is 5.97. The molecule has 21 heavy (non-hydrogen) atoms. The number of esters is 1. The third kappa shape index (κ3) is 4.11. The maximum atomic E-state index is 11.9. The standard InChI is InChI=1S/C15H21NO5/c1-9(15(18)21-5)14(17)16-10(2)11-6-7-12(19-3)13(8-11)20-4/h6-10H,1-5H3,(H,16,17). The molecule has 1 N–H and O–H groups in total. The van der Waals surface area contributed by atoms with Crippen molar-refractivity contribution in [1.82, 2.24) is 5.32 Å². The van der Waals surface area contributed by atoms with E-state index in [0.29, 0.717) is 11.5 Å². The Labute approximate surface area is 124 Å². The van der Waals surface area contributed by atoms with Crippen LogP contribution in [0.3, 0.4) is 0 Å². The Hall–Kier alpha value is -2.24. The van der Waals surface area contributed by atoms with Crippen molar-refractivity contribution in [2.24, 2.45) is 5.92 Å². The van der Waals surface area contributed by atoms with Gasteiger partial charge in [0.25, 0.3) is 0 Å². The van der Waals surface area contributed by atoms with E-state index in [1.54, 1.807) is 26.4 Å². The van der Waals surface area contributed by atoms with Gasteiger partial charge in [-0.05, 0) is 31.5 Å². The zero-order chi connectivity index (χ0) is 16.0. The first-order valence-corrected chi connectivity index (χ1v) is 6.54. The predicted molar refractivity (Wildman–Crippen MR) is 77.3 cm³/mol. The minimum Gasteiger partial charge on any atom is -0.493 e. The van der Waals surface area contributed by atoms with Gasteiger partial charge < -0.3 is 19.5 Å². The van der Waals surface area contributed by atoms with Crippen molar-refractivity contribution in [2.75, 3.05) is 21.3 Å². The molecule has 0 bridgehead atoms. The smallest absolute Gasteiger partial charge is 0.317 e. The minimum atomic E-state index is -0.849. The molecule has 1 rings (SSSR count). The number of carbonyl (C=O) groups excluding carboxylic acids is 2. The molecule has 0 saturated heterocycles. The molecule has 0 aliphatic rings. The quantitative estimate of drug-likeness (QED) is 0.638. The average molecular weight is 295 g/mol. The van der Waals surface area contributed by atoms with Crippen LogP contribution < -0.4 is 14.8 Å². The summed E-state index contributed by atoms with van der Waals surface area (Å²) in [6, 6.07) is 5.10. The molecule has 1 aromatic carbocycles. The summed E-state index contributed by atoms with van der Waals surface area (Å²) in [6.45, 7) is 3.33. The fourth-order valence-corrected chi connectivity index (χ4v) is 1.83. The van der Waals surface area contributed by atoms with Crippen LogP contribution in [-0.4, -0.2) is 33.2 Å². The van der Waals surface area contributed by atoms with Gasteiger partial charge in [0.15, 0.2) is 11.5 Å². The molecule has 0 aromatic heterocycles. The summed E-state index contributed by atoms with van der Waals surface area (Å²) >= 11 is 0. The van der Waals surface area contributed by atoms with Crippen molar-refractivity contribution >= 4 is 11.9 Å². The van der Waals surface area contributed by atoms with Gasteiger partial charge >= 0.3 is 5.97 Å². The molecule has 0 radical (unpaired) electrons. The van der Waals surface area contributed by atoms with Crippen molar-refractivity contribution in [3.8, 4) is 11.5 Å². The first-order chi connectivity index (χ1) is 9.94. The summed E-state index contributed by atoms with van der Waals surface area (Å²) < 4.78 is 14.9. The Balaban J connectivity index is 2.82. The molecule has 0 saturated carbocycles. The van der Waals surface area contributed by atoms with Gasteiger partial charge in [0.1, 0.15) is 5.92 Å². The van der Waals surface area contributed by atoms with E-state index in [0.717, 1.165) is 5.56 Å². The van der Waals surface area contributed by atoms with Crippen LogP contribution in [-0.2, 0) is 14.3 Å². The Morgan fingerprint density at radius 3 is 2.19 bits per heavy atom. The van der Waals surface area contributed by atoms with Crippen molar-refractivity contribution in [3.05, 3.63) is 23.8 Å². The lowest BCUT2D eigenvalue weighted by Gasteiger charge is -2.18. The van der Waals surface area contributed by atoms with Crippen LogP contribution in [0.25, 0.3) is 0 Å². The van der Waals surface area contributed by atoms with Crippen LogP contribution in [0, 0.1) is 5.92 Å². The number of methoxy groups -OCH3 is 3. The molecule has 2 atom stereocenters. The van der Waals surface area contributed by atoms with E-state index in [4.69, 9.17) is 9.47 Å². The first kappa shape index (κ1) is 16.8. The second kappa shape index (κ2) is 7.52. The lowest BCUT2D eigenvalue weighted by molar-refractivity contribution is -0.149. The second-order valence-corrected chi connectivity index (χ2v) is 4.59. The number of amides is 1. The van der Waals surface area contributed by atoms with Gasteiger partial charge in [-0.3, -0.25) is 9.59 Å². The fraction of sp³-hybridized carbons (Fsp3) is 0.467. The van der Waals surface area contributed by atoms with Crippen LogP contribution in [0.15, 0.2) is 18.2 Å². The second-order valence-electron chi connectivity index (χ2n) is 4.59. The van der Waals surface area contributed by atoms with E-state index in [1.165, 1.54) is 14.0 Å². The van der Waals surface area contributed by atoms with E-state index < -0.39 is 11.9 Å². The average Bonchev–Trinajstić information content (AvgIpc) is 2.52. The molecular weight excluding hydrogens is 274 g/mol. The Bertz CT molecular complexity index is 515. The highest BCUT2D eigenvalue weighted by Crippen LogP contribution is 2.29. The molecule has 116 valence electrons. The molecule has 1 aromatic rings. The van der Waals surface area contributed by atoms with Crippen LogP contribution in [0.5, 0.6) is 11.5 Å². The van der Waals surface area contributed by atoms with Crippen LogP contribution in [0.4, 0.5) is 0 Å². The van der Waals surface area contributed by atoms with Crippen molar-refractivity contribution in [3.63, 3.8) is 0 Å². The van der Waals surface area contributed by atoms with Crippen LogP contribution >= 0.6 is 0 Å². The summed E-state index contributed by atoms with van der Waals surface area (Å²) in [5.74, 6) is -0.603. The van der Waals surface area contributed by atoms with E-state index >= 15 is 0 Å². The highest BCUT2D eigenvalue weighted by Gasteiger charge is 2.23. The van der Waals surface area contributed by atoms with Gasteiger partial charge in [0.05, 0.1) is 27.4 Å². The van der Waals surface area contributed by atoms with Gasteiger partial charge in [-0.15, -0.1) is 0 Å². The fourth-order valence-electron chi connectivity index (χ4n) is 1.83. The van der Waals surface area contributed by atoms with E-state index in [9.17, 15) is 9.59 Å². The first-order valence-electron chi connectivity index (χ1n) is 6.54. The number of hydrogen-bond acceptors (Lipinski definition) is 5. The number of nitrogens with one attached hydrogen (secondary N) is 1. The number of benzene rings is 1. The zero-order valence-electron chi connectivity index (χ0n) is 12.9. The third-order valence-electron chi connectivity index (χ3n) is 3.21. The molecule has 0 fully saturated rings. The third-order valence-corrected chi connectivity index (χ3v) is 3.21. The molecule has 6 heteroatoms. The number of ether oxygens (including phenoxy) is 3. The van der Waals surface area contributed by atoms with E-state index in [1.807, 2.05) is 13.0 Å². The number of hydrogen-bond donors (Lipinski definition) is 1. The zero-order valence-corrected chi connectivity index (χ0v) is 12.9. The topological polar surface area (TPSA) is 73.9 Å². The van der Waals surface area contributed by atoms with Crippen LogP contribution in [0.2, 0.25) is 0 Å². The highest BCUT2D eigenvalue weighted by atomic mass is 16.5. The normalized spacial score (nSPS) is 13.0. The summed E-state index contributed by atoms with van der Waals surface area (Å²) in [5, 5.41) is 2.76. The maximum absolute atomic E-state index is 11.9. The maximum Gasteiger partial charge on any atom is 0.317 e. The molecule has 0 heterocycles. The lowest BCUT2D eigenvalue weighted by Crippen LogP contribution is -2.35. The summed E-state index contributed by atoms with van der Waals surface area (Å²) in [6.07, 6.45) is 0. The Morgan fingerprint density at radius 2 is 1.67 bits per heavy atom. The molecular formula is C15H21NO5. The molecule has 1 amide bonds. The van der Waals surface area contributed by atoms with Gasteiger partial charge in [-0.2, -0.15) is 0 Å². The van der Waals surface area contributed by atoms with Crippen LogP contribution in [0.1, 0.15) is 25.5 Å². The van der Waals surface area contributed by atoms with Crippen molar-refractivity contribution < 1.29 is 23.8 Å². The van der Waals surface area contributed by atoms with Crippen molar-refractivity contribution in [1.29, 1.82) is 0 Å². The van der Waals surface area contributed by atoms with E-state index in [2.05, 4.69) is 10.1 Å². The largest absolute Gasteiger partial charge is 0.493 e. The Morgan fingerprint density at radius 1 is 1.05 bits per heavy atom. The SMILES string of the molecule is COC(=O)C(C)C(=O)NC(C)c1ccc(OC)c(OC)c1. The summed E-state index contributed by atoms with van der Waals surface area (Å²) in [7, 11) is 4.36. The van der Waals surface area contributed by atoms with E-state index in [-0.39, 0.29) is 11.9 Å². The lowest BCUT2D eigenvalue weighted by atomic mass is 10.1. The Kier molecular flexibility index (Phi) is 6.02. The minimum absolute atomic E-state index is 0.274. The summed E-state index contributed by atoms with van der Waals surface area (Å²) in [5.41, 5.74) is 0.845. The van der Waals surface area contributed by atoms with Gasteiger partial charge in [0, 0.05) is 0 Å². The molecule has 2 unspecified atom stereocenters. The number of carbonyl (C=O) groups is 2. The summed E-state index contributed by atoms with van der Waals surface area (Å²) in [4.78, 5) is 23.3. The monoisotopic (exact) mass is 295 g/mol. The number of rotatable bonds is 6. The van der Waals surface area contributed by atoms with Gasteiger partial charge in [-0.1, -0.05) is 6.07 Å². The molecule has 0 aliphatic heterocycles. The van der Waals surface area contributed by atoms with Crippen molar-refractivity contribution in [2.45, 2.75) is 19.9 Å². The van der Waals surface area contributed by atoms with Gasteiger partial charge in [-0.25, -0.2) is 0 Å².